The summed E-state index contributed by atoms with van der Waals surface area (Å²) in [5, 5.41) is 2.82. The molecule has 0 radical (unpaired) electrons. The van der Waals surface area contributed by atoms with Gasteiger partial charge in [0.25, 0.3) is 0 Å². The molecule has 1 heterocycles. The van der Waals surface area contributed by atoms with Crippen LogP contribution in [-0.2, 0) is 9.53 Å². The van der Waals surface area contributed by atoms with Gasteiger partial charge in [-0.1, -0.05) is 104 Å². The van der Waals surface area contributed by atoms with Crippen LogP contribution in [0.5, 0.6) is 0 Å². The molecule has 0 saturated carbocycles. The molecule has 0 aromatic heterocycles. The van der Waals surface area contributed by atoms with Crippen molar-refractivity contribution in [3.63, 3.8) is 0 Å². The van der Waals surface area contributed by atoms with Crippen molar-refractivity contribution in [2.75, 3.05) is 0 Å². The van der Waals surface area contributed by atoms with Crippen LogP contribution in [-0.4, -0.2) is 24.3 Å². The van der Waals surface area contributed by atoms with E-state index in [9.17, 15) is 4.79 Å². The first-order valence-electron chi connectivity index (χ1n) is 12.9. The molecule has 1 aliphatic rings. The molecule has 1 amide bonds. The van der Waals surface area contributed by atoms with Gasteiger partial charge in [0, 0.05) is 6.42 Å². The van der Waals surface area contributed by atoms with Crippen LogP contribution < -0.4 is 11.1 Å². The fourth-order valence-electron chi connectivity index (χ4n) is 4.06. The third-order valence-corrected chi connectivity index (χ3v) is 6.21. The first kappa shape index (κ1) is 26.4. The summed E-state index contributed by atoms with van der Waals surface area (Å²) in [6.45, 7) is 4.26. The van der Waals surface area contributed by atoms with E-state index in [1.165, 1.54) is 96.3 Å². The largest absolute Gasteiger partial charge is 0.370 e. The molecule has 0 aromatic rings. The number of nitrogens with one attached hydrogen (secondary N) is 1. The molecule has 1 aliphatic heterocycles. The molecule has 3 atom stereocenters. The molecule has 172 valence electrons. The van der Waals surface area contributed by atoms with Crippen LogP contribution in [0.2, 0.25) is 0 Å². The number of hydrogen-bond donors (Lipinski definition) is 2. The van der Waals surface area contributed by atoms with Crippen LogP contribution in [0.25, 0.3) is 0 Å². The second-order valence-electron chi connectivity index (χ2n) is 9.07. The standard InChI is InChI=1S/C25H50N2O2/c1-3-5-6-7-13-16-19-22-23(29-22)20-17-14-11-9-8-10-12-15-18-21-25(28)27-24(26)4-2/h22-24H,3-21,26H2,1-2H3,(H,27,28). The zero-order valence-electron chi connectivity index (χ0n) is 19.6. The van der Waals surface area contributed by atoms with Crippen LogP contribution in [0, 0.1) is 0 Å². The lowest BCUT2D eigenvalue weighted by molar-refractivity contribution is -0.121. The summed E-state index contributed by atoms with van der Waals surface area (Å²) < 4.78 is 5.84. The third kappa shape index (κ3) is 15.8. The number of carbonyl (C=O) groups is 1. The van der Waals surface area contributed by atoms with Gasteiger partial charge in [-0.2, -0.15) is 0 Å². The maximum Gasteiger partial charge on any atom is 0.221 e. The van der Waals surface area contributed by atoms with Crippen LogP contribution in [0.15, 0.2) is 0 Å². The molecule has 1 saturated heterocycles. The van der Waals surface area contributed by atoms with Gasteiger partial charge in [-0.25, -0.2) is 0 Å². The minimum absolute atomic E-state index is 0.105. The topological polar surface area (TPSA) is 67.7 Å². The van der Waals surface area contributed by atoms with E-state index in [0.717, 1.165) is 19.3 Å². The Morgan fingerprint density at radius 3 is 1.69 bits per heavy atom. The molecule has 3 unspecified atom stereocenters. The van der Waals surface area contributed by atoms with Crippen molar-refractivity contribution in [2.24, 2.45) is 5.73 Å². The second kappa shape index (κ2) is 18.2. The molecule has 29 heavy (non-hydrogen) atoms. The number of hydrogen-bond acceptors (Lipinski definition) is 3. The predicted molar refractivity (Wildman–Crippen MR) is 124 cm³/mol. The summed E-state index contributed by atoms with van der Waals surface area (Å²) in [4.78, 5) is 11.6. The number of epoxide rings is 1. The van der Waals surface area contributed by atoms with Crippen molar-refractivity contribution in [1.82, 2.24) is 5.32 Å². The van der Waals surface area contributed by atoms with Crippen LogP contribution in [0.4, 0.5) is 0 Å². The summed E-state index contributed by atoms with van der Waals surface area (Å²) in [6.07, 6.45) is 24.8. The SMILES string of the molecule is CCCCCCCCC1OC1CCCCCCCCCCCC(=O)NC(N)CC. The molecule has 3 N–H and O–H groups in total. The van der Waals surface area contributed by atoms with Gasteiger partial charge in [0.1, 0.15) is 0 Å². The van der Waals surface area contributed by atoms with E-state index in [-0.39, 0.29) is 12.1 Å². The lowest BCUT2D eigenvalue weighted by Crippen LogP contribution is -2.40. The summed E-state index contributed by atoms with van der Waals surface area (Å²) in [5.74, 6) is 0.105. The molecule has 0 bridgehead atoms. The van der Waals surface area contributed by atoms with Crippen molar-refractivity contribution < 1.29 is 9.53 Å². The smallest absolute Gasteiger partial charge is 0.221 e. The predicted octanol–water partition coefficient (Wildman–Crippen LogP) is 6.61. The van der Waals surface area contributed by atoms with Gasteiger partial charge >= 0.3 is 0 Å². The highest BCUT2D eigenvalue weighted by Crippen LogP contribution is 2.31. The molecule has 1 rings (SSSR count). The lowest BCUT2D eigenvalue weighted by Gasteiger charge is -2.10. The van der Waals surface area contributed by atoms with E-state index in [0.29, 0.717) is 18.6 Å². The average molecular weight is 411 g/mol. The van der Waals surface area contributed by atoms with E-state index >= 15 is 0 Å². The van der Waals surface area contributed by atoms with Crippen molar-refractivity contribution in [2.45, 2.75) is 154 Å². The Morgan fingerprint density at radius 1 is 0.759 bits per heavy atom. The van der Waals surface area contributed by atoms with E-state index < -0.39 is 0 Å². The number of amides is 1. The van der Waals surface area contributed by atoms with Crippen LogP contribution in [0.1, 0.15) is 136 Å². The molecule has 0 aliphatic carbocycles. The van der Waals surface area contributed by atoms with Crippen molar-refractivity contribution >= 4 is 5.91 Å². The zero-order valence-corrected chi connectivity index (χ0v) is 19.6. The highest BCUT2D eigenvalue weighted by atomic mass is 16.6. The Bertz CT molecular complexity index is 389. The Morgan fingerprint density at radius 2 is 1.21 bits per heavy atom. The molecular weight excluding hydrogens is 360 g/mol. The van der Waals surface area contributed by atoms with Crippen molar-refractivity contribution in [1.29, 1.82) is 0 Å². The van der Waals surface area contributed by atoms with Gasteiger partial charge in [-0.3, -0.25) is 4.79 Å². The normalized spacial score (nSPS) is 19.3. The first-order valence-corrected chi connectivity index (χ1v) is 12.9. The summed E-state index contributed by atoms with van der Waals surface area (Å²) >= 11 is 0. The zero-order chi connectivity index (χ0) is 21.2. The minimum Gasteiger partial charge on any atom is -0.370 e. The van der Waals surface area contributed by atoms with Crippen molar-refractivity contribution in [3.05, 3.63) is 0 Å². The van der Waals surface area contributed by atoms with E-state index in [4.69, 9.17) is 10.5 Å². The number of rotatable bonds is 21. The minimum atomic E-state index is -0.180. The van der Waals surface area contributed by atoms with Crippen LogP contribution >= 0.6 is 0 Å². The first-order chi connectivity index (χ1) is 14.2. The maximum absolute atomic E-state index is 11.6. The molecule has 4 heteroatoms. The Balaban J connectivity index is 1.74. The highest BCUT2D eigenvalue weighted by Gasteiger charge is 2.36. The number of carbonyl (C=O) groups excluding carboxylic acids is 1. The lowest BCUT2D eigenvalue weighted by atomic mass is 10.0. The van der Waals surface area contributed by atoms with Gasteiger partial charge in [0.15, 0.2) is 0 Å². The molecule has 0 aromatic carbocycles. The average Bonchev–Trinajstić information content (AvgIpc) is 3.46. The third-order valence-electron chi connectivity index (χ3n) is 6.21. The molecular formula is C25H50N2O2. The van der Waals surface area contributed by atoms with Gasteiger partial charge in [-0.05, 0) is 25.7 Å². The Hall–Kier alpha value is -0.610. The molecule has 4 nitrogen and oxygen atoms in total. The highest BCUT2D eigenvalue weighted by molar-refractivity contribution is 5.76. The number of unbranched alkanes of at least 4 members (excludes halogenated alkanes) is 13. The monoisotopic (exact) mass is 410 g/mol. The fraction of sp³-hybridized carbons (Fsp3) is 0.960. The Kier molecular flexibility index (Phi) is 16.6. The van der Waals surface area contributed by atoms with Crippen LogP contribution in [0.3, 0.4) is 0 Å². The van der Waals surface area contributed by atoms with E-state index in [1.807, 2.05) is 6.92 Å². The van der Waals surface area contributed by atoms with Crippen molar-refractivity contribution in [3.8, 4) is 0 Å². The molecule has 1 fully saturated rings. The van der Waals surface area contributed by atoms with Gasteiger partial charge in [0.2, 0.25) is 5.91 Å². The Labute approximate surface area is 181 Å². The number of nitrogens with two attached hydrogens (primary N) is 1. The fourth-order valence-corrected chi connectivity index (χ4v) is 4.06. The van der Waals surface area contributed by atoms with E-state index in [1.54, 1.807) is 0 Å². The summed E-state index contributed by atoms with van der Waals surface area (Å²) in [5.41, 5.74) is 5.72. The van der Waals surface area contributed by atoms with Gasteiger partial charge < -0.3 is 15.8 Å². The second-order valence-corrected chi connectivity index (χ2v) is 9.07. The maximum atomic E-state index is 11.6. The van der Waals surface area contributed by atoms with Gasteiger partial charge in [-0.15, -0.1) is 0 Å². The summed E-state index contributed by atoms with van der Waals surface area (Å²) in [6, 6.07) is 0. The molecule has 0 spiro atoms. The quantitative estimate of drug-likeness (QED) is 0.127. The van der Waals surface area contributed by atoms with E-state index in [2.05, 4.69) is 12.2 Å². The van der Waals surface area contributed by atoms with Gasteiger partial charge in [0.05, 0.1) is 18.4 Å². The number of ether oxygens (including phenoxy) is 1. The summed E-state index contributed by atoms with van der Waals surface area (Å²) in [7, 11) is 0.